The highest BCUT2D eigenvalue weighted by molar-refractivity contribution is 5.89. The van der Waals surface area contributed by atoms with Gasteiger partial charge in [-0.15, -0.1) is 0 Å². The van der Waals surface area contributed by atoms with Crippen molar-refractivity contribution in [3.8, 4) is 0 Å². The van der Waals surface area contributed by atoms with Gasteiger partial charge in [-0.3, -0.25) is 14.9 Å². The molecule has 0 aromatic carbocycles. The standard InChI is InChI=1S/C13H17N5O3/c14-13(3-4-13)12(19)17-8-6-16(7-9-17)11-10(18(20)21)2-1-5-15-11/h1-2,5H,3-4,6-9,14H2. The topological polar surface area (TPSA) is 106 Å². The highest BCUT2D eigenvalue weighted by Crippen LogP contribution is 2.34. The minimum atomic E-state index is -0.654. The van der Waals surface area contributed by atoms with Crippen LogP contribution in [0.2, 0.25) is 0 Å². The van der Waals surface area contributed by atoms with Crippen molar-refractivity contribution in [3.63, 3.8) is 0 Å². The summed E-state index contributed by atoms with van der Waals surface area (Å²) < 4.78 is 0. The van der Waals surface area contributed by atoms with Gasteiger partial charge in [0.05, 0.1) is 10.5 Å². The first-order chi connectivity index (χ1) is 10.0. The van der Waals surface area contributed by atoms with Crippen LogP contribution in [0.15, 0.2) is 18.3 Å². The SMILES string of the molecule is NC1(C(=O)N2CCN(c3ncccc3[N+](=O)[O-])CC2)CC1. The van der Waals surface area contributed by atoms with Gasteiger partial charge in [-0.2, -0.15) is 0 Å². The molecule has 0 radical (unpaired) electrons. The monoisotopic (exact) mass is 291 g/mol. The Kier molecular flexibility index (Phi) is 3.25. The minimum absolute atomic E-state index is 0.00216. The Balaban J connectivity index is 1.69. The molecule has 2 heterocycles. The average molecular weight is 291 g/mol. The second kappa shape index (κ2) is 4.96. The third-order valence-corrected chi connectivity index (χ3v) is 4.04. The first-order valence-corrected chi connectivity index (χ1v) is 6.94. The van der Waals surface area contributed by atoms with E-state index in [4.69, 9.17) is 5.73 Å². The van der Waals surface area contributed by atoms with Crippen LogP contribution in [0.25, 0.3) is 0 Å². The molecule has 112 valence electrons. The number of anilines is 1. The van der Waals surface area contributed by atoms with E-state index in [9.17, 15) is 14.9 Å². The fourth-order valence-electron chi connectivity index (χ4n) is 2.56. The van der Waals surface area contributed by atoms with Crippen LogP contribution in [-0.4, -0.2) is 52.4 Å². The molecule has 1 aromatic rings. The summed E-state index contributed by atoms with van der Waals surface area (Å²) in [6.45, 7) is 2.09. The zero-order valence-corrected chi connectivity index (χ0v) is 11.6. The molecule has 0 unspecified atom stereocenters. The van der Waals surface area contributed by atoms with E-state index in [2.05, 4.69) is 4.98 Å². The summed E-state index contributed by atoms with van der Waals surface area (Å²) in [6.07, 6.45) is 3.04. The van der Waals surface area contributed by atoms with E-state index >= 15 is 0 Å². The molecule has 2 N–H and O–H groups in total. The number of amides is 1. The summed E-state index contributed by atoms with van der Waals surface area (Å²) in [5, 5.41) is 11.0. The summed E-state index contributed by atoms with van der Waals surface area (Å²) in [5.74, 6) is 0.362. The second-order valence-corrected chi connectivity index (χ2v) is 5.54. The van der Waals surface area contributed by atoms with Crippen LogP contribution in [0.4, 0.5) is 11.5 Å². The second-order valence-electron chi connectivity index (χ2n) is 5.54. The van der Waals surface area contributed by atoms with E-state index in [-0.39, 0.29) is 11.6 Å². The predicted molar refractivity (Wildman–Crippen MR) is 75.8 cm³/mol. The number of pyridine rings is 1. The molecule has 8 nitrogen and oxygen atoms in total. The van der Waals surface area contributed by atoms with Gasteiger partial charge in [0.2, 0.25) is 11.7 Å². The molecule has 2 aliphatic rings. The van der Waals surface area contributed by atoms with Gasteiger partial charge in [0.15, 0.2) is 0 Å². The maximum Gasteiger partial charge on any atom is 0.311 e. The molecule has 8 heteroatoms. The van der Waals surface area contributed by atoms with Crippen LogP contribution in [0.1, 0.15) is 12.8 Å². The van der Waals surface area contributed by atoms with E-state index in [0.717, 1.165) is 12.8 Å². The summed E-state index contributed by atoms with van der Waals surface area (Å²) >= 11 is 0. The van der Waals surface area contributed by atoms with Crippen LogP contribution in [-0.2, 0) is 4.79 Å². The quantitative estimate of drug-likeness (QED) is 0.627. The number of nitro groups is 1. The van der Waals surface area contributed by atoms with Gasteiger partial charge in [-0.1, -0.05) is 0 Å². The number of aromatic nitrogens is 1. The number of carbonyl (C=O) groups excluding carboxylic acids is 1. The number of rotatable bonds is 3. The average Bonchev–Trinajstić information content (AvgIpc) is 3.26. The molecule has 1 saturated carbocycles. The molecule has 1 amide bonds. The van der Waals surface area contributed by atoms with Gasteiger partial charge < -0.3 is 15.5 Å². The third-order valence-electron chi connectivity index (χ3n) is 4.04. The van der Waals surface area contributed by atoms with Crippen LogP contribution in [0, 0.1) is 10.1 Å². The van der Waals surface area contributed by atoms with Crippen LogP contribution in [0.3, 0.4) is 0 Å². The van der Waals surface area contributed by atoms with Crippen molar-refractivity contribution in [1.29, 1.82) is 0 Å². The van der Waals surface area contributed by atoms with E-state index < -0.39 is 10.5 Å². The summed E-state index contributed by atoms with van der Waals surface area (Å²) in [4.78, 5) is 30.5. The van der Waals surface area contributed by atoms with Crippen molar-refractivity contribution in [2.24, 2.45) is 5.73 Å². The smallest absolute Gasteiger partial charge is 0.311 e. The molecule has 1 aliphatic heterocycles. The van der Waals surface area contributed by atoms with Gasteiger partial charge in [-0.25, -0.2) is 4.98 Å². The number of nitrogens with two attached hydrogens (primary N) is 1. The van der Waals surface area contributed by atoms with Crippen molar-refractivity contribution >= 4 is 17.4 Å². The molecular weight excluding hydrogens is 274 g/mol. The molecule has 1 saturated heterocycles. The Hall–Kier alpha value is -2.22. The minimum Gasteiger partial charge on any atom is -0.347 e. The predicted octanol–water partition coefficient (Wildman–Crippen LogP) is 0.130. The number of carbonyl (C=O) groups is 1. The van der Waals surface area contributed by atoms with E-state index in [1.54, 1.807) is 17.2 Å². The zero-order valence-electron chi connectivity index (χ0n) is 11.6. The summed E-state index contributed by atoms with van der Waals surface area (Å²) in [7, 11) is 0. The van der Waals surface area contributed by atoms with Crippen LogP contribution in [0.5, 0.6) is 0 Å². The normalized spacial score (nSPS) is 20.2. The molecule has 3 rings (SSSR count). The molecule has 0 atom stereocenters. The molecule has 1 aliphatic carbocycles. The Morgan fingerprint density at radius 3 is 2.57 bits per heavy atom. The fourth-order valence-corrected chi connectivity index (χ4v) is 2.56. The van der Waals surface area contributed by atoms with Gasteiger partial charge in [0.25, 0.3) is 0 Å². The fraction of sp³-hybridized carbons (Fsp3) is 0.538. The zero-order chi connectivity index (χ0) is 15.0. The van der Waals surface area contributed by atoms with Crippen molar-refractivity contribution in [2.75, 3.05) is 31.1 Å². The highest BCUT2D eigenvalue weighted by Gasteiger charge is 2.48. The van der Waals surface area contributed by atoms with Gasteiger partial charge in [0, 0.05) is 38.4 Å². The Bertz CT molecular complexity index is 579. The number of hydrogen-bond acceptors (Lipinski definition) is 6. The lowest BCUT2D eigenvalue weighted by atomic mass is 10.2. The van der Waals surface area contributed by atoms with Crippen molar-refractivity contribution in [1.82, 2.24) is 9.88 Å². The highest BCUT2D eigenvalue weighted by atomic mass is 16.6. The van der Waals surface area contributed by atoms with Crippen molar-refractivity contribution in [2.45, 2.75) is 18.4 Å². The van der Waals surface area contributed by atoms with Gasteiger partial charge in [0.1, 0.15) is 0 Å². The van der Waals surface area contributed by atoms with Crippen LogP contribution >= 0.6 is 0 Å². The Morgan fingerprint density at radius 2 is 2.00 bits per heavy atom. The maximum atomic E-state index is 12.2. The summed E-state index contributed by atoms with van der Waals surface area (Å²) in [5.41, 5.74) is 5.27. The first kappa shape index (κ1) is 13.7. The lowest BCUT2D eigenvalue weighted by Gasteiger charge is -2.36. The lowest BCUT2D eigenvalue weighted by Crippen LogP contribution is -2.54. The molecular formula is C13H17N5O3. The largest absolute Gasteiger partial charge is 0.347 e. The van der Waals surface area contributed by atoms with E-state index in [1.807, 2.05) is 4.90 Å². The molecule has 2 fully saturated rings. The molecule has 0 spiro atoms. The Labute approximate surface area is 121 Å². The third kappa shape index (κ3) is 2.54. The number of piperazine rings is 1. The van der Waals surface area contributed by atoms with Gasteiger partial charge in [-0.05, 0) is 18.9 Å². The van der Waals surface area contributed by atoms with Crippen LogP contribution < -0.4 is 10.6 Å². The number of hydrogen-bond donors (Lipinski definition) is 1. The molecule has 1 aromatic heterocycles. The Morgan fingerprint density at radius 1 is 1.33 bits per heavy atom. The lowest BCUT2D eigenvalue weighted by molar-refractivity contribution is -0.384. The maximum absolute atomic E-state index is 12.2. The summed E-state index contributed by atoms with van der Waals surface area (Å²) in [6, 6.07) is 2.99. The number of nitrogens with zero attached hydrogens (tertiary/aromatic N) is 4. The van der Waals surface area contributed by atoms with E-state index in [1.165, 1.54) is 6.07 Å². The molecule has 21 heavy (non-hydrogen) atoms. The van der Waals surface area contributed by atoms with E-state index in [0.29, 0.717) is 32.0 Å². The van der Waals surface area contributed by atoms with Crippen molar-refractivity contribution < 1.29 is 9.72 Å². The molecule has 0 bridgehead atoms. The van der Waals surface area contributed by atoms with Crippen molar-refractivity contribution in [3.05, 3.63) is 28.4 Å². The van der Waals surface area contributed by atoms with Gasteiger partial charge >= 0.3 is 5.69 Å². The first-order valence-electron chi connectivity index (χ1n) is 6.94.